The number of amides is 2. The summed E-state index contributed by atoms with van der Waals surface area (Å²) < 4.78 is 44.2. The molecule has 0 atom stereocenters. The van der Waals surface area contributed by atoms with Crippen LogP contribution in [-0.2, 0) is 14.8 Å². The van der Waals surface area contributed by atoms with Gasteiger partial charge in [0.25, 0.3) is 5.91 Å². The van der Waals surface area contributed by atoms with Crippen LogP contribution in [0, 0.1) is 5.82 Å². The highest BCUT2D eigenvalue weighted by Gasteiger charge is 2.20. The first-order chi connectivity index (χ1) is 13.8. The van der Waals surface area contributed by atoms with Crippen molar-refractivity contribution < 1.29 is 27.1 Å². The molecular formula is C20H24FN3O5S. The van der Waals surface area contributed by atoms with Crippen molar-refractivity contribution in [2.45, 2.75) is 31.3 Å². The maximum Gasteiger partial charge on any atom is 0.412 e. The molecule has 8 nitrogen and oxygen atoms in total. The molecule has 0 radical (unpaired) electrons. The van der Waals surface area contributed by atoms with E-state index in [1.54, 1.807) is 20.8 Å². The Morgan fingerprint density at radius 3 is 2.10 bits per heavy atom. The van der Waals surface area contributed by atoms with E-state index in [0.29, 0.717) is 0 Å². The Bertz CT molecular complexity index is 1050. The molecule has 0 saturated heterocycles. The second kappa shape index (κ2) is 8.80. The largest absolute Gasteiger partial charge is 0.444 e. The van der Waals surface area contributed by atoms with Crippen molar-refractivity contribution in [3.8, 4) is 0 Å². The molecule has 0 spiro atoms. The predicted molar refractivity (Wildman–Crippen MR) is 112 cm³/mol. The van der Waals surface area contributed by atoms with Gasteiger partial charge in [0.15, 0.2) is 0 Å². The lowest BCUT2D eigenvalue weighted by atomic mass is 10.2. The van der Waals surface area contributed by atoms with E-state index >= 15 is 0 Å². The van der Waals surface area contributed by atoms with E-state index in [2.05, 4.69) is 10.6 Å². The highest BCUT2D eigenvalue weighted by Crippen LogP contribution is 2.25. The number of halogens is 1. The summed E-state index contributed by atoms with van der Waals surface area (Å²) in [5.74, 6) is -1.23. The van der Waals surface area contributed by atoms with Crippen LogP contribution in [0.15, 0.2) is 47.4 Å². The molecule has 0 unspecified atom stereocenters. The first-order valence-electron chi connectivity index (χ1n) is 8.93. The van der Waals surface area contributed by atoms with Gasteiger partial charge in [-0.05, 0) is 63.2 Å². The Morgan fingerprint density at radius 1 is 0.967 bits per heavy atom. The molecule has 0 aliphatic rings. The van der Waals surface area contributed by atoms with Gasteiger partial charge in [0.05, 0.1) is 16.3 Å². The van der Waals surface area contributed by atoms with Gasteiger partial charge in [-0.25, -0.2) is 21.9 Å². The molecule has 2 rings (SSSR count). The Labute approximate surface area is 175 Å². The minimum Gasteiger partial charge on any atom is -0.444 e. The van der Waals surface area contributed by atoms with Crippen molar-refractivity contribution in [3.05, 3.63) is 53.8 Å². The standard InChI is InChI=1S/C20H24FN3O5S/c1-20(2,3)29-19(26)23-16-11-8-14(21)12-17(16)22-18(25)13-6-9-15(10-7-13)30(27,28)24(4)5/h6-12H,1-5H3,(H,22,25)(H,23,26). The lowest BCUT2D eigenvalue weighted by molar-refractivity contribution is 0.0635. The summed E-state index contributed by atoms with van der Waals surface area (Å²) in [4.78, 5) is 24.6. The minimum atomic E-state index is -3.63. The topological polar surface area (TPSA) is 105 Å². The third-order valence-corrected chi connectivity index (χ3v) is 5.59. The van der Waals surface area contributed by atoms with E-state index in [1.807, 2.05) is 0 Å². The summed E-state index contributed by atoms with van der Waals surface area (Å²) in [6.45, 7) is 5.08. The average Bonchev–Trinajstić information content (AvgIpc) is 2.62. The molecule has 0 heterocycles. The van der Waals surface area contributed by atoms with Crippen molar-refractivity contribution in [2.75, 3.05) is 24.7 Å². The quantitative estimate of drug-likeness (QED) is 0.743. The molecule has 0 aliphatic heterocycles. The number of hydrogen-bond donors (Lipinski definition) is 2. The average molecular weight is 437 g/mol. The molecule has 162 valence electrons. The van der Waals surface area contributed by atoms with Crippen molar-refractivity contribution in [2.24, 2.45) is 0 Å². The van der Waals surface area contributed by atoms with E-state index in [9.17, 15) is 22.4 Å². The molecule has 0 saturated carbocycles. The van der Waals surface area contributed by atoms with Gasteiger partial charge >= 0.3 is 6.09 Å². The van der Waals surface area contributed by atoms with Crippen LogP contribution >= 0.6 is 0 Å². The molecule has 2 amide bonds. The summed E-state index contributed by atoms with van der Waals surface area (Å²) in [6.07, 6.45) is -0.761. The maximum absolute atomic E-state index is 13.7. The van der Waals surface area contributed by atoms with Crippen molar-refractivity contribution in [3.63, 3.8) is 0 Å². The molecule has 0 fully saturated rings. The van der Waals surface area contributed by atoms with Crippen LogP contribution in [0.1, 0.15) is 31.1 Å². The number of nitrogens with one attached hydrogen (secondary N) is 2. The lowest BCUT2D eigenvalue weighted by Gasteiger charge is -2.20. The summed E-state index contributed by atoms with van der Waals surface area (Å²) in [5, 5.41) is 4.97. The number of sulfonamides is 1. The van der Waals surface area contributed by atoms with Crippen LogP contribution in [0.5, 0.6) is 0 Å². The molecular weight excluding hydrogens is 413 g/mol. The fourth-order valence-electron chi connectivity index (χ4n) is 2.33. The highest BCUT2D eigenvalue weighted by molar-refractivity contribution is 7.89. The van der Waals surface area contributed by atoms with Crippen molar-refractivity contribution >= 4 is 33.4 Å². The number of anilines is 2. The zero-order chi connectivity index (χ0) is 22.7. The van der Waals surface area contributed by atoms with Gasteiger partial charge in [0, 0.05) is 19.7 Å². The van der Waals surface area contributed by atoms with E-state index in [0.717, 1.165) is 16.4 Å². The maximum atomic E-state index is 13.7. The van der Waals surface area contributed by atoms with E-state index in [1.165, 1.54) is 44.4 Å². The van der Waals surface area contributed by atoms with E-state index in [-0.39, 0.29) is 21.8 Å². The molecule has 30 heavy (non-hydrogen) atoms. The molecule has 2 aromatic rings. The van der Waals surface area contributed by atoms with Crippen LogP contribution in [0.2, 0.25) is 0 Å². The Morgan fingerprint density at radius 2 is 1.57 bits per heavy atom. The van der Waals surface area contributed by atoms with Gasteiger partial charge in [0.2, 0.25) is 10.0 Å². The number of hydrogen-bond acceptors (Lipinski definition) is 5. The van der Waals surface area contributed by atoms with Crippen molar-refractivity contribution in [1.29, 1.82) is 0 Å². The predicted octanol–water partition coefficient (Wildman–Crippen LogP) is 3.68. The van der Waals surface area contributed by atoms with E-state index < -0.39 is 33.4 Å². The second-order valence-electron chi connectivity index (χ2n) is 7.58. The van der Waals surface area contributed by atoms with Gasteiger partial charge in [-0.2, -0.15) is 0 Å². The molecule has 0 aliphatic carbocycles. The third kappa shape index (κ3) is 6.01. The zero-order valence-electron chi connectivity index (χ0n) is 17.3. The summed E-state index contributed by atoms with van der Waals surface area (Å²) in [7, 11) is -0.825. The fraction of sp³-hybridized carbons (Fsp3) is 0.300. The molecule has 0 bridgehead atoms. The second-order valence-corrected chi connectivity index (χ2v) is 9.73. The van der Waals surface area contributed by atoms with Crippen LogP contribution in [-0.4, -0.2) is 44.4 Å². The summed E-state index contributed by atoms with van der Waals surface area (Å²) in [5.41, 5.74) is -0.413. The van der Waals surface area contributed by atoms with Gasteiger partial charge in [-0.1, -0.05) is 0 Å². The number of rotatable bonds is 5. The molecule has 0 aromatic heterocycles. The van der Waals surface area contributed by atoms with Crippen LogP contribution in [0.4, 0.5) is 20.6 Å². The highest BCUT2D eigenvalue weighted by atomic mass is 32.2. The first kappa shape index (κ1) is 23.3. The Balaban J connectivity index is 2.22. The Hall–Kier alpha value is -2.98. The number of nitrogens with zero attached hydrogens (tertiary/aromatic N) is 1. The smallest absolute Gasteiger partial charge is 0.412 e. The van der Waals surface area contributed by atoms with Crippen molar-refractivity contribution in [1.82, 2.24) is 4.31 Å². The monoisotopic (exact) mass is 437 g/mol. The minimum absolute atomic E-state index is 0.0239. The summed E-state index contributed by atoms with van der Waals surface area (Å²) in [6, 6.07) is 8.75. The lowest BCUT2D eigenvalue weighted by Crippen LogP contribution is -2.27. The normalized spacial score (nSPS) is 11.8. The summed E-state index contributed by atoms with van der Waals surface area (Å²) >= 11 is 0. The SMILES string of the molecule is CN(C)S(=O)(=O)c1ccc(C(=O)Nc2cc(F)ccc2NC(=O)OC(C)(C)C)cc1. The number of carbonyl (C=O) groups is 2. The van der Waals surface area contributed by atoms with Crippen LogP contribution < -0.4 is 10.6 Å². The fourth-order valence-corrected chi connectivity index (χ4v) is 3.23. The van der Waals surface area contributed by atoms with Crippen LogP contribution in [0.3, 0.4) is 0 Å². The molecule has 10 heteroatoms. The van der Waals surface area contributed by atoms with Gasteiger partial charge in [-0.15, -0.1) is 0 Å². The molecule has 2 N–H and O–H groups in total. The number of ether oxygens (including phenoxy) is 1. The van der Waals surface area contributed by atoms with Gasteiger partial charge < -0.3 is 10.1 Å². The third-order valence-electron chi connectivity index (χ3n) is 3.76. The van der Waals surface area contributed by atoms with Crippen LogP contribution in [0.25, 0.3) is 0 Å². The molecule has 2 aromatic carbocycles. The zero-order valence-corrected chi connectivity index (χ0v) is 18.1. The number of carbonyl (C=O) groups excluding carboxylic acids is 2. The van der Waals surface area contributed by atoms with E-state index in [4.69, 9.17) is 4.74 Å². The first-order valence-corrected chi connectivity index (χ1v) is 10.4. The van der Waals surface area contributed by atoms with Gasteiger partial charge in [0.1, 0.15) is 11.4 Å². The number of benzene rings is 2. The van der Waals surface area contributed by atoms with Gasteiger partial charge in [-0.3, -0.25) is 10.1 Å². The Kier molecular flexibility index (Phi) is 6.84.